The van der Waals surface area contributed by atoms with Gasteiger partial charge < -0.3 is 15.3 Å². The smallest absolute Gasteiger partial charge is 0.0960 e. The first kappa shape index (κ1) is 13.6. The summed E-state index contributed by atoms with van der Waals surface area (Å²) >= 11 is 0. The Hall–Kier alpha value is -0.800. The van der Waals surface area contributed by atoms with Crippen LogP contribution >= 0.6 is 0 Å². The van der Waals surface area contributed by atoms with Crippen molar-refractivity contribution in [2.24, 2.45) is 17.1 Å². The van der Waals surface area contributed by atoms with E-state index in [1.165, 1.54) is 25.7 Å². The molecule has 0 bridgehead atoms. The third-order valence-electron chi connectivity index (χ3n) is 4.64. The molecule has 1 heterocycles. The summed E-state index contributed by atoms with van der Waals surface area (Å²) in [6.45, 7) is 2.79. The molecule has 102 valence electrons. The van der Waals surface area contributed by atoms with Gasteiger partial charge in [0.25, 0.3) is 0 Å². The number of furan rings is 1. The first-order valence-electron chi connectivity index (χ1n) is 7.12. The van der Waals surface area contributed by atoms with E-state index in [0.29, 0.717) is 6.54 Å². The van der Waals surface area contributed by atoms with E-state index >= 15 is 0 Å². The minimum atomic E-state index is -0.483. The zero-order valence-electron chi connectivity index (χ0n) is 11.3. The second-order valence-electron chi connectivity index (χ2n) is 5.76. The molecule has 18 heavy (non-hydrogen) atoms. The summed E-state index contributed by atoms with van der Waals surface area (Å²) in [6.07, 6.45) is 9.78. The molecule has 2 rings (SSSR count). The molecule has 0 spiro atoms. The summed E-state index contributed by atoms with van der Waals surface area (Å²) in [5.41, 5.74) is 6.70. The number of hydrogen-bond acceptors (Lipinski definition) is 3. The molecular formula is C15H25NO2. The van der Waals surface area contributed by atoms with Crippen LogP contribution in [0.25, 0.3) is 0 Å². The Morgan fingerprint density at radius 1 is 1.50 bits per heavy atom. The Labute approximate surface area is 109 Å². The van der Waals surface area contributed by atoms with Crippen LogP contribution in [0, 0.1) is 11.3 Å². The van der Waals surface area contributed by atoms with Crippen LogP contribution < -0.4 is 5.73 Å². The molecule has 1 atom stereocenters. The fraction of sp³-hybridized carbons (Fsp3) is 0.733. The lowest BCUT2D eigenvalue weighted by atomic mass is 9.65. The lowest BCUT2D eigenvalue weighted by molar-refractivity contribution is -0.0111. The molecule has 3 heteroatoms. The van der Waals surface area contributed by atoms with E-state index in [0.717, 1.165) is 24.3 Å². The van der Waals surface area contributed by atoms with Crippen LogP contribution in [0.3, 0.4) is 0 Å². The molecular weight excluding hydrogens is 226 g/mol. The van der Waals surface area contributed by atoms with Crippen molar-refractivity contribution in [1.29, 1.82) is 0 Å². The minimum absolute atomic E-state index is 0.145. The maximum atomic E-state index is 10.6. The number of aliphatic hydroxyl groups is 1. The molecule has 0 radical (unpaired) electrons. The number of nitrogens with two attached hydrogens (primary N) is 1. The Morgan fingerprint density at radius 3 is 2.72 bits per heavy atom. The summed E-state index contributed by atoms with van der Waals surface area (Å²) in [4.78, 5) is 0. The zero-order valence-corrected chi connectivity index (χ0v) is 11.3. The molecule has 0 amide bonds. The van der Waals surface area contributed by atoms with E-state index in [-0.39, 0.29) is 5.41 Å². The van der Waals surface area contributed by atoms with E-state index in [1.807, 2.05) is 6.07 Å². The lowest BCUT2D eigenvalue weighted by Gasteiger charge is -2.42. The summed E-state index contributed by atoms with van der Waals surface area (Å²) in [6, 6.07) is 1.85. The van der Waals surface area contributed by atoms with Gasteiger partial charge in [0.2, 0.25) is 0 Å². The molecule has 1 unspecified atom stereocenters. The van der Waals surface area contributed by atoms with Gasteiger partial charge in [-0.3, -0.25) is 0 Å². The van der Waals surface area contributed by atoms with Crippen LogP contribution in [0.2, 0.25) is 0 Å². The first-order valence-corrected chi connectivity index (χ1v) is 7.12. The predicted molar refractivity (Wildman–Crippen MR) is 72.0 cm³/mol. The largest absolute Gasteiger partial charge is 0.472 e. The van der Waals surface area contributed by atoms with Crippen LogP contribution in [0.15, 0.2) is 23.0 Å². The van der Waals surface area contributed by atoms with Crippen LogP contribution in [0.4, 0.5) is 0 Å². The third kappa shape index (κ3) is 2.62. The van der Waals surface area contributed by atoms with E-state index in [9.17, 15) is 5.11 Å². The van der Waals surface area contributed by atoms with Gasteiger partial charge in [0.05, 0.1) is 18.6 Å². The number of aliphatic hydroxyl groups excluding tert-OH is 1. The predicted octanol–water partition coefficient (Wildman–Crippen LogP) is 3.25. The quantitative estimate of drug-likeness (QED) is 0.844. The molecule has 3 N–H and O–H groups in total. The minimum Gasteiger partial charge on any atom is -0.472 e. The Kier molecular flexibility index (Phi) is 4.46. The van der Waals surface area contributed by atoms with Crippen molar-refractivity contribution in [2.45, 2.75) is 51.6 Å². The molecule has 1 aliphatic rings. The van der Waals surface area contributed by atoms with Gasteiger partial charge in [-0.1, -0.05) is 19.8 Å². The Bertz CT molecular complexity index is 339. The van der Waals surface area contributed by atoms with E-state index in [2.05, 4.69) is 6.92 Å². The zero-order chi connectivity index (χ0) is 13.0. The topological polar surface area (TPSA) is 59.4 Å². The van der Waals surface area contributed by atoms with Gasteiger partial charge in [-0.05, 0) is 37.7 Å². The standard InChI is InChI=1S/C15H25NO2/c1-2-3-12-4-7-15(11-16,8-5-12)14(17)13-6-9-18-10-13/h6,9-10,12,14,17H,2-5,7-8,11,16H2,1H3. The van der Waals surface area contributed by atoms with Gasteiger partial charge in [-0.15, -0.1) is 0 Å². The van der Waals surface area contributed by atoms with Crippen molar-refractivity contribution in [3.63, 3.8) is 0 Å². The summed E-state index contributed by atoms with van der Waals surface area (Å²) in [7, 11) is 0. The molecule has 1 aromatic heterocycles. The number of rotatable bonds is 5. The van der Waals surface area contributed by atoms with Gasteiger partial charge >= 0.3 is 0 Å². The molecule has 0 aliphatic heterocycles. The average Bonchev–Trinajstić information content (AvgIpc) is 2.93. The molecule has 0 aromatic carbocycles. The summed E-state index contributed by atoms with van der Waals surface area (Å²) < 4.78 is 5.07. The molecule has 0 saturated heterocycles. The van der Waals surface area contributed by atoms with Crippen molar-refractivity contribution in [2.75, 3.05) is 6.54 Å². The summed E-state index contributed by atoms with van der Waals surface area (Å²) in [5.74, 6) is 0.825. The summed E-state index contributed by atoms with van der Waals surface area (Å²) in [5, 5.41) is 10.6. The maximum Gasteiger partial charge on any atom is 0.0960 e. The maximum absolute atomic E-state index is 10.6. The Morgan fingerprint density at radius 2 is 2.22 bits per heavy atom. The average molecular weight is 251 g/mol. The SMILES string of the molecule is CCCC1CCC(CN)(C(O)c2ccoc2)CC1. The van der Waals surface area contributed by atoms with Crippen molar-refractivity contribution in [1.82, 2.24) is 0 Å². The van der Waals surface area contributed by atoms with Crippen molar-refractivity contribution in [3.8, 4) is 0 Å². The normalized spacial score (nSPS) is 30.3. The van der Waals surface area contributed by atoms with Crippen LogP contribution in [-0.2, 0) is 0 Å². The molecule has 3 nitrogen and oxygen atoms in total. The van der Waals surface area contributed by atoms with Crippen molar-refractivity contribution < 1.29 is 9.52 Å². The molecule has 1 saturated carbocycles. The van der Waals surface area contributed by atoms with Crippen molar-refractivity contribution >= 4 is 0 Å². The molecule has 1 fully saturated rings. The van der Waals surface area contributed by atoms with Gasteiger partial charge in [-0.25, -0.2) is 0 Å². The highest BCUT2D eigenvalue weighted by Gasteiger charge is 2.41. The van der Waals surface area contributed by atoms with Gasteiger partial charge in [0.1, 0.15) is 0 Å². The van der Waals surface area contributed by atoms with Gasteiger partial charge in [0.15, 0.2) is 0 Å². The number of hydrogen-bond donors (Lipinski definition) is 2. The monoisotopic (exact) mass is 251 g/mol. The first-order chi connectivity index (χ1) is 8.72. The lowest BCUT2D eigenvalue weighted by Crippen LogP contribution is -2.40. The van der Waals surface area contributed by atoms with Crippen LogP contribution in [0.5, 0.6) is 0 Å². The highest BCUT2D eigenvalue weighted by molar-refractivity contribution is 5.14. The second kappa shape index (κ2) is 5.89. The van der Waals surface area contributed by atoms with E-state index in [4.69, 9.17) is 10.2 Å². The highest BCUT2D eigenvalue weighted by atomic mass is 16.3. The fourth-order valence-electron chi connectivity index (χ4n) is 3.32. The van der Waals surface area contributed by atoms with Gasteiger partial charge in [-0.2, -0.15) is 0 Å². The Balaban J connectivity index is 2.04. The third-order valence-corrected chi connectivity index (χ3v) is 4.64. The van der Waals surface area contributed by atoms with Crippen LogP contribution in [0.1, 0.15) is 57.1 Å². The van der Waals surface area contributed by atoms with E-state index < -0.39 is 6.10 Å². The molecule has 1 aromatic rings. The van der Waals surface area contributed by atoms with Gasteiger partial charge in [0, 0.05) is 17.5 Å². The van der Waals surface area contributed by atoms with Crippen LogP contribution in [-0.4, -0.2) is 11.7 Å². The molecule has 1 aliphatic carbocycles. The highest BCUT2D eigenvalue weighted by Crippen LogP contribution is 2.47. The second-order valence-corrected chi connectivity index (χ2v) is 5.76. The van der Waals surface area contributed by atoms with Crippen molar-refractivity contribution in [3.05, 3.63) is 24.2 Å². The van der Waals surface area contributed by atoms with E-state index in [1.54, 1.807) is 12.5 Å². The fourth-order valence-corrected chi connectivity index (χ4v) is 3.32.